The van der Waals surface area contributed by atoms with Gasteiger partial charge in [-0.05, 0) is 26.0 Å². The van der Waals surface area contributed by atoms with Gasteiger partial charge in [0.2, 0.25) is 5.89 Å². The Bertz CT molecular complexity index is 469. The van der Waals surface area contributed by atoms with E-state index < -0.39 is 5.41 Å². The molecule has 0 unspecified atom stereocenters. The molecule has 0 atom stereocenters. The summed E-state index contributed by atoms with van der Waals surface area (Å²) in [6.45, 7) is 3.83. The van der Waals surface area contributed by atoms with Crippen LogP contribution >= 0.6 is 0 Å². The van der Waals surface area contributed by atoms with Crippen molar-refractivity contribution in [3.05, 3.63) is 30.2 Å². The first kappa shape index (κ1) is 8.83. The molecule has 14 heavy (non-hydrogen) atoms. The number of hydrogen-bond acceptors (Lipinski definition) is 2. The average Bonchev–Trinajstić information content (AvgIpc) is 2.61. The number of para-hydroxylation sites is 2. The molecule has 1 aromatic carbocycles. The fraction of sp³-hybridized carbons (Fsp3) is 0.250. The smallest absolute Gasteiger partial charge is 0.213 e. The first-order chi connectivity index (χ1) is 6.63. The molecule has 0 fully saturated rings. The van der Waals surface area contributed by atoms with Gasteiger partial charge in [-0.3, -0.25) is 0 Å². The molecule has 0 amide bonds. The molecule has 0 saturated carbocycles. The second-order valence-electron chi connectivity index (χ2n) is 3.76. The van der Waals surface area contributed by atoms with E-state index in [0.29, 0.717) is 5.89 Å². The summed E-state index contributed by atoms with van der Waals surface area (Å²) in [5.41, 5.74) is 1.19. The summed E-state index contributed by atoms with van der Waals surface area (Å²) in [5, 5.41) is 0. The molecule has 0 aliphatic rings. The first-order valence-corrected chi connectivity index (χ1v) is 4.47. The highest BCUT2D eigenvalue weighted by atomic mass is 16.3. The van der Waals surface area contributed by atoms with Gasteiger partial charge < -0.3 is 4.42 Å². The molecular weight excluding hydrogens is 174 g/mol. The van der Waals surface area contributed by atoms with Crippen LogP contribution in [0.25, 0.3) is 11.1 Å². The predicted molar refractivity (Wildman–Crippen MR) is 55.9 cm³/mol. The zero-order valence-corrected chi connectivity index (χ0v) is 8.24. The van der Waals surface area contributed by atoms with Gasteiger partial charge in [0.25, 0.3) is 0 Å². The highest BCUT2D eigenvalue weighted by Crippen LogP contribution is 2.25. The van der Waals surface area contributed by atoms with Crippen LogP contribution in [-0.2, 0) is 5.41 Å². The lowest BCUT2D eigenvalue weighted by atomic mass is 9.95. The van der Waals surface area contributed by atoms with E-state index in [2.05, 4.69) is 10.9 Å². The summed E-state index contributed by atoms with van der Waals surface area (Å²) in [4.78, 5) is 4.35. The van der Waals surface area contributed by atoms with Crippen LogP contribution in [0.4, 0.5) is 0 Å². The van der Waals surface area contributed by atoms with Gasteiger partial charge in [-0.2, -0.15) is 0 Å². The SMILES string of the molecule is C#CC(C)(C)c1nc2ccccc2o1. The zero-order chi connectivity index (χ0) is 10.2. The maximum Gasteiger partial charge on any atom is 0.213 e. The predicted octanol–water partition coefficient (Wildman–Crippen LogP) is 2.74. The minimum Gasteiger partial charge on any atom is -0.439 e. The number of oxazole rings is 1. The molecule has 1 aromatic heterocycles. The van der Waals surface area contributed by atoms with E-state index in [1.807, 2.05) is 38.1 Å². The maximum atomic E-state index is 5.57. The van der Waals surface area contributed by atoms with E-state index in [4.69, 9.17) is 10.8 Å². The van der Waals surface area contributed by atoms with Crippen LogP contribution in [0.2, 0.25) is 0 Å². The normalized spacial score (nSPS) is 11.5. The van der Waals surface area contributed by atoms with Crippen molar-refractivity contribution >= 4 is 11.1 Å². The van der Waals surface area contributed by atoms with E-state index in [1.54, 1.807) is 0 Å². The Morgan fingerprint density at radius 3 is 2.71 bits per heavy atom. The van der Waals surface area contributed by atoms with E-state index in [-0.39, 0.29) is 0 Å². The standard InChI is InChI=1S/C12H11NO/c1-4-12(2,3)11-13-9-7-5-6-8-10(9)14-11/h1,5-8H,2-3H3. The topological polar surface area (TPSA) is 26.0 Å². The first-order valence-electron chi connectivity index (χ1n) is 4.47. The Morgan fingerprint density at radius 1 is 1.36 bits per heavy atom. The van der Waals surface area contributed by atoms with Gasteiger partial charge in [-0.25, -0.2) is 4.98 Å². The molecule has 0 spiro atoms. The molecule has 2 rings (SSSR count). The molecule has 0 aliphatic carbocycles. The fourth-order valence-corrected chi connectivity index (χ4v) is 1.20. The molecule has 0 radical (unpaired) electrons. The number of terminal acetylenes is 1. The Labute approximate surface area is 83.0 Å². The lowest BCUT2D eigenvalue weighted by Crippen LogP contribution is -2.13. The van der Waals surface area contributed by atoms with Gasteiger partial charge in [0, 0.05) is 0 Å². The minimum absolute atomic E-state index is 0.445. The van der Waals surface area contributed by atoms with Crippen molar-refractivity contribution in [3.63, 3.8) is 0 Å². The average molecular weight is 185 g/mol. The van der Waals surface area contributed by atoms with E-state index in [1.165, 1.54) is 0 Å². The van der Waals surface area contributed by atoms with Crippen molar-refractivity contribution in [2.24, 2.45) is 0 Å². The Kier molecular flexibility index (Phi) is 1.82. The van der Waals surface area contributed by atoms with Crippen molar-refractivity contribution in [3.8, 4) is 12.3 Å². The van der Waals surface area contributed by atoms with Crippen molar-refractivity contribution in [2.45, 2.75) is 19.3 Å². The molecule has 1 heterocycles. The van der Waals surface area contributed by atoms with Gasteiger partial charge in [-0.15, -0.1) is 6.42 Å². The minimum atomic E-state index is -0.445. The summed E-state index contributed by atoms with van der Waals surface area (Å²) in [6.07, 6.45) is 5.41. The van der Waals surface area contributed by atoms with Crippen LogP contribution in [0.1, 0.15) is 19.7 Å². The number of rotatable bonds is 1. The fourth-order valence-electron chi connectivity index (χ4n) is 1.20. The molecule has 0 aliphatic heterocycles. The molecule has 0 N–H and O–H groups in total. The highest BCUT2D eigenvalue weighted by molar-refractivity contribution is 5.72. The van der Waals surface area contributed by atoms with Crippen molar-refractivity contribution in [1.29, 1.82) is 0 Å². The quantitative estimate of drug-likeness (QED) is 0.638. The van der Waals surface area contributed by atoms with Crippen LogP contribution in [0.5, 0.6) is 0 Å². The van der Waals surface area contributed by atoms with Crippen molar-refractivity contribution < 1.29 is 4.42 Å². The summed E-state index contributed by atoms with van der Waals surface area (Å²) >= 11 is 0. The van der Waals surface area contributed by atoms with Gasteiger partial charge in [0.15, 0.2) is 5.58 Å². The number of nitrogens with zero attached hydrogens (tertiary/aromatic N) is 1. The second kappa shape index (κ2) is 2.88. The third-order valence-corrected chi connectivity index (χ3v) is 2.19. The van der Waals surface area contributed by atoms with Gasteiger partial charge in [0.1, 0.15) is 10.9 Å². The lowest BCUT2D eigenvalue weighted by molar-refractivity contribution is 0.453. The maximum absolute atomic E-state index is 5.57. The Hall–Kier alpha value is -1.75. The molecule has 70 valence electrons. The summed E-state index contributed by atoms with van der Waals surface area (Å²) in [5.74, 6) is 3.26. The summed E-state index contributed by atoms with van der Waals surface area (Å²) in [6, 6.07) is 7.64. The third kappa shape index (κ3) is 1.27. The third-order valence-electron chi connectivity index (χ3n) is 2.19. The van der Waals surface area contributed by atoms with Crippen molar-refractivity contribution in [1.82, 2.24) is 4.98 Å². The zero-order valence-electron chi connectivity index (χ0n) is 8.24. The van der Waals surface area contributed by atoms with Gasteiger partial charge in [-0.1, -0.05) is 18.1 Å². The number of hydrogen-bond donors (Lipinski definition) is 0. The molecule has 2 heteroatoms. The van der Waals surface area contributed by atoms with Crippen LogP contribution in [0.15, 0.2) is 28.7 Å². The molecule has 0 saturated heterocycles. The number of fused-ring (bicyclic) bond motifs is 1. The van der Waals surface area contributed by atoms with Gasteiger partial charge in [0.05, 0.1) is 0 Å². The van der Waals surface area contributed by atoms with Crippen LogP contribution < -0.4 is 0 Å². The summed E-state index contributed by atoms with van der Waals surface area (Å²) in [7, 11) is 0. The van der Waals surface area contributed by atoms with E-state index in [9.17, 15) is 0 Å². The largest absolute Gasteiger partial charge is 0.439 e. The number of benzene rings is 1. The van der Waals surface area contributed by atoms with E-state index in [0.717, 1.165) is 11.1 Å². The van der Waals surface area contributed by atoms with E-state index >= 15 is 0 Å². The second-order valence-corrected chi connectivity index (χ2v) is 3.76. The highest BCUT2D eigenvalue weighted by Gasteiger charge is 2.23. The molecular formula is C12H11NO. The monoisotopic (exact) mass is 185 g/mol. The number of aromatic nitrogens is 1. The summed E-state index contributed by atoms with van der Waals surface area (Å²) < 4.78 is 5.57. The van der Waals surface area contributed by atoms with Crippen LogP contribution in [0.3, 0.4) is 0 Å². The van der Waals surface area contributed by atoms with Gasteiger partial charge >= 0.3 is 0 Å². The molecule has 2 nitrogen and oxygen atoms in total. The van der Waals surface area contributed by atoms with Crippen molar-refractivity contribution in [2.75, 3.05) is 0 Å². The van der Waals surface area contributed by atoms with Crippen LogP contribution in [-0.4, -0.2) is 4.98 Å². The molecule has 2 aromatic rings. The van der Waals surface area contributed by atoms with Crippen LogP contribution in [0, 0.1) is 12.3 Å². The lowest BCUT2D eigenvalue weighted by Gasteiger charge is -2.10. The Balaban J connectivity index is 2.62. The molecule has 0 bridgehead atoms. The Morgan fingerprint density at radius 2 is 2.07 bits per heavy atom.